The van der Waals surface area contributed by atoms with E-state index in [4.69, 9.17) is 5.26 Å². The second-order valence-corrected chi connectivity index (χ2v) is 4.82. The molecule has 0 unspecified atom stereocenters. The molecule has 0 bridgehead atoms. The fraction of sp³-hybridized carbons (Fsp3) is 0.750. The molecule has 0 aliphatic carbocycles. The van der Waals surface area contributed by atoms with Crippen molar-refractivity contribution in [2.75, 3.05) is 13.1 Å². The standard InChI is InChI=1S/C12H19N5/c1-11(2-5-13)16-7-3-12(4-8-16)10-17-9-6-14-15-17/h6,9,11-12H,2-4,7-8,10H2,1H3/t11-/m1/s1. The number of rotatable bonds is 4. The monoisotopic (exact) mass is 233 g/mol. The van der Waals surface area contributed by atoms with Gasteiger partial charge in [-0.15, -0.1) is 5.10 Å². The Balaban J connectivity index is 1.76. The topological polar surface area (TPSA) is 57.7 Å². The fourth-order valence-corrected chi connectivity index (χ4v) is 2.43. The zero-order chi connectivity index (χ0) is 12.1. The highest BCUT2D eigenvalue weighted by atomic mass is 15.4. The highest BCUT2D eigenvalue weighted by Gasteiger charge is 2.22. The van der Waals surface area contributed by atoms with Gasteiger partial charge in [0.15, 0.2) is 0 Å². The average Bonchev–Trinajstić information content (AvgIpc) is 2.83. The summed E-state index contributed by atoms with van der Waals surface area (Å²) in [6, 6.07) is 2.64. The molecule has 0 radical (unpaired) electrons. The molecule has 1 aliphatic rings. The van der Waals surface area contributed by atoms with Crippen molar-refractivity contribution in [2.24, 2.45) is 5.92 Å². The van der Waals surface area contributed by atoms with Crippen molar-refractivity contribution in [1.82, 2.24) is 19.9 Å². The summed E-state index contributed by atoms with van der Waals surface area (Å²) in [5.41, 5.74) is 0. The first-order valence-corrected chi connectivity index (χ1v) is 6.24. The van der Waals surface area contributed by atoms with Crippen LogP contribution >= 0.6 is 0 Å². The van der Waals surface area contributed by atoms with Crippen molar-refractivity contribution in [2.45, 2.75) is 38.8 Å². The number of hydrogen-bond donors (Lipinski definition) is 0. The predicted octanol–water partition coefficient (Wildman–Crippen LogP) is 1.29. The number of aromatic nitrogens is 3. The number of nitriles is 1. The van der Waals surface area contributed by atoms with Gasteiger partial charge in [0, 0.05) is 18.8 Å². The Kier molecular flexibility index (Phi) is 4.10. The summed E-state index contributed by atoms with van der Waals surface area (Å²) in [5, 5.41) is 16.5. The lowest BCUT2D eigenvalue weighted by Gasteiger charge is -2.35. The van der Waals surface area contributed by atoms with Gasteiger partial charge in [0.25, 0.3) is 0 Å². The summed E-state index contributed by atoms with van der Waals surface area (Å²) >= 11 is 0. The van der Waals surface area contributed by atoms with Crippen LogP contribution in [0.5, 0.6) is 0 Å². The second kappa shape index (κ2) is 5.78. The quantitative estimate of drug-likeness (QED) is 0.786. The summed E-state index contributed by atoms with van der Waals surface area (Å²) in [6.45, 7) is 5.31. The molecular weight excluding hydrogens is 214 g/mol. The van der Waals surface area contributed by atoms with Crippen LogP contribution in [0.4, 0.5) is 0 Å². The Hall–Kier alpha value is -1.41. The Labute approximate surface area is 102 Å². The third-order valence-corrected chi connectivity index (χ3v) is 3.58. The largest absolute Gasteiger partial charge is 0.300 e. The van der Waals surface area contributed by atoms with Crippen LogP contribution < -0.4 is 0 Å². The lowest BCUT2D eigenvalue weighted by atomic mass is 9.95. The Morgan fingerprint density at radius 1 is 1.47 bits per heavy atom. The Morgan fingerprint density at radius 3 is 2.82 bits per heavy atom. The van der Waals surface area contributed by atoms with Crippen LogP contribution in [-0.4, -0.2) is 39.0 Å². The van der Waals surface area contributed by atoms with Gasteiger partial charge in [0.05, 0.1) is 18.7 Å². The molecule has 1 atom stereocenters. The number of nitrogens with zero attached hydrogens (tertiary/aromatic N) is 5. The van der Waals surface area contributed by atoms with Gasteiger partial charge in [-0.05, 0) is 38.8 Å². The van der Waals surface area contributed by atoms with E-state index in [0.717, 1.165) is 19.6 Å². The molecule has 17 heavy (non-hydrogen) atoms. The van der Waals surface area contributed by atoms with E-state index < -0.39 is 0 Å². The van der Waals surface area contributed by atoms with Crippen LogP contribution in [0.3, 0.4) is 0 Å². The highest BCUT2D eigenvalue weighted by molar-refractivity contribution is 4.83. The van der Waals surface area contributed by atoms with E-state index in [1.165, 1.54) is 12.8 Å². The van der Waals surface area contributed by atoms with E-state index in [1.54, 1.807) is 6.20 Å². The van der Waals surface area contributed by atoms with E-state index in [0.29, 0.717) is 18.4 Å². The van der Waals surface area contributed by atoms with Gasteiger partial charge >= 0.3 is 0 Å². The number of hydrogen-bond acceptors (Lipinski definition) is 4. The van der Waals surface area contributed by atoms with Crippen molar-refractivity contribution < 1.29 is 0 Å². The number of likely N-dealkylation sites (tertiary alicyclic amines) is 1. The molecule has 1 saturated heterocycles. The van der Waals surface area contributed by atoms with E-state index >= 15 is 0 Å². The maximum absolute atomic E-state index is 8.70. The second-order valence-electron chi connectivity index (χ2n) is 4.82. The van der Waals surface area contributed by atoms with E-state index in [9.17, 15) is 0 Å². The van der Waals surface area contributed by atoms with Crippen LogP contribution in [0.1, 0.15) is 26.2 Å². The zero-order valence-corrected chi connectivity index (χ0v) is 10.3. The molecule has 0 amide bonds. The minimum absolute atomic E-state index is 0.396. The van der Waals surface area contributed by atoms with Crippen LogP contribution in [0.25, 0.3) is 0 Å². The third kappa shape index (κ3) is 3.27. The molecule has 0 N–H and O–H groups in total. The van der Waals surface area contributed by atoms with E-state index in [1.807, 2.05) is 10.9 Å². The maximum Gasteiger partial charge on any atom is 0.0692 e. The van der Waals surface area contributed by atoms with Gasteiger partial charge in [-0.1, -0.05) is 5.21 Å². The molecule has 92 valence electrons. The van der Waals surface area contributed by atoms with Gasteiger partial charge in [0.2, 0.25) is 0 Å². The molecular formula is C12H19N5. The first kappa shape index (κ1) is 12.1. The van der Waals surface area contributed by atoms with Gasteiger partial charge in [-0.2, -0.15) is 5.26 Å². The minimum Gasteiger partial charge on any atom is -0.300 e. The Morgan fingerprint density at radius 2 is 2.24 bits per heavy atom. The van der Waals surface area contributed by atoms with E-state index in [-0.39, 0.29) is 0 Å². The summed E-state index contributed by atoms with van der Waals surface area (Å²) in [7, 11) is 0. The summed E-state index contributed by atoms with van der Waals surface area (Å²) < 4.78 is 1.92. The van der Waals surface area contributed by atoms with Crippen molar-refractivity contribution in [3.8, 4) is 6.07 Å². The molecule has 1 aromatic rings. The SMILES string of the molecule is C[C@H](CC#N)N1CCC(Cn2ccnn2)CC1. The molecule has 2 rings (SSSR count). The molecule has 5 heteroatoms. The summed E-state index contributed by atoms with van der Waals surface area (Å²) in [5.74, 6) is 0.697. The molecule has 1 aromatic heterocycles. The van der Waals surface area contributed by atoms with E-state index in [2.05, 4.69) is 28.2 Å². The molecule has 0 saturated carbocycles. The maximum atomic E-state index is 8.70. The molecule has 2 heterocycles. The van der Waals surface area contributed by atoms with Crippen LogP contribution in [0.2, 0.25) is 0 Å². The van der Waals surface area contributed by atoms with Crippen molar-refractivity contribution >= 4 is 0 Å². The van der Waals surface area contributed by atoms with Crippen molar-refractivity contribution in [3.63, 3.8) is 0 Å². The lowest BCUT2D eigenvalue weighted by molar-refractivity contribution is 0.133. The molecule has 1 aliphatic heterocycles. The minimum atomic E-state index is 0.396. The fourth-order valence-electron chi connectivity index (χ4n) is 2.43. The Bertz CT molecular complexity index is 359. The molecule has 0 aromatic carbocycles. The van der Waals surface area contributed by atoms with Gasteiger partial charge in [-0.3, -0.25) is 9.58 Å². The van der Waals surface area contributed by atoms with Crippen molar-refractivity contribution in [1.29, 1.82) is 5.26 Å². The summed E-state index contributed by atoms with van der Waals surface area (Å²) in [4.78, 5) is 2.42. The van der Waals surface area contributed by atoms with Gasteiger partial charge in [0.1, 0.15) is 0 Å². The van der Waals surface area contributed by atoms with Crippen molar-refractivity contribution in [3.05, 3.63) is 12.4 Å². The average molecular weight is 233 g/mol. The van der Waals surface area contributed by atoms with Crippen LogP contribution in [0.15, 0.2) is 12.4 Å². The first-order chi connectivity index (χ1) is 8.29. The lowest BCUT2D eigenvalue weighted by Crippen LogP contribution is -2.40. The van der Waals surface area contributed by atoms with Gasteiger partial charge < -0.3 is 0 Å². The first-order valence-electron chi connectivity index (χ1n) is 6.24. The van der Waals surface area contributed by atoms with Gasteiger partial charge in [-0.25, -0.2) is 0 Å². The highest BCUT2D eigenvalue weighted by Crippen LogP contribution is 2.20. The number of piperidine rings is 1. The van der Waals surface area contributed by atoms with Crippen LogP contribution in [0, 0.1) is 17.2 Å². The molecule has 5 nitrogen and oxygen atoms in total. The molecule has 1 fully saturated rings. The smallest absolute Gasteiger partial charge is 0.0692 e. The zero-order valence-electron chi connectivity index (χ0n) is 10.3. The summed E-state index contributed by atoms with van der Waals surface area (Å²) in [6.07, 6.45) is 6.66. The predicted molar refractivity (Wildman–Crippen MR) is 64.0 cm³/mol. The normalized spacial score (nSPS) is 20.0. The third-order valence-electron chi connectivity index (χ3n) is 3.58. The molecule has 0 spiro atoms. The van der Waals surface area contributed by atoms with Crippen LogP contribution in [-0.2, 0) is 6.54 Å².